The number of hydrogen-bond donors (Lipinski definition) is 2. The zero-order chi connectivity index (χ0) is 13.1. The molecule has 0 fully saturated rings. The standard InChI is InChI=1S/C12H19NO2S2/c1-9(2)11-4-6-12(7-5-11)17(14,15)13-10(3)8-16/h4-7,9-10,13,16H,8H2,1-3H3/t10-/m1/s1. The highest BCUT2D eigenvalue weighted by atomic mass is 32.2. The molecule has 1 rings (SSSR count). The monoisotopic (exact) mass is 273 g/mol. The summed E-state index contributed by atoms with van der Waals surface area (Å²) in [6, 6.07) is 6.81. The van der Waals surface area contributed by atoms with E-state index in [0.717, 1.165) is 5.56 Å². The van der Waals surface area contributed by atoms with Gasteiger partial charge in [-0.05, 0) is 30.5 Å². The third-order valence-electron chi connectivity index (χ3n) is 2.49. The number of sulfonamides is 1. The van der Waals surface area contributed by atoms with E-state index in [2.05, 4.69) is 31.2 Å². The van der Waals surface area contributed by atoms with Crippen LogP contribution in [0.4, 0.5) is 0 Å². The first-order valence-electron chi connectivity index (χ1n) is 5.60. The Balaban J connectivity index is 2.92. The smallest absolute Gasteiger partial charge is 0.208 e. The average molecular weight is 273 g/mol. The van der Waals surface area contributed by atoms with Crippen LogP contribution in [0.5, 0.6) is 0 Å². The predicted molar refractivity (Wildman–Crippen MR) is 74.2 cm³/mol. The van der Waals surface area contributed by atoms with Gasteiger partial charge in [-0.25, -0.2) is 13.1 Å². The molecule has 5 heteroatoms. The SMILES string of the molecule is CC(C)c1ccc(S(=O)(=O)N[C@H](C)CS)cc1. The van der Waals surface area contributed by atoms with Gasteiger partial charge in [0.1, 0.15) is 0 Å². The number of thiol groups is 1. The number of rotatable bonds is 5. The van der Waals surface area contributed by atoms with Crippen LogP contribution in [-0.4, -0.2) is 20.2 Å². The van der Waals surface area contributed by atoms with Crippen LogP contribution in [0.15, 0.2) is 29.2 Å². The number of nitrogens with one attached hydrogen (secondary N) is 1. The molecule has 0 aliphatic carbocycles. The van der Waals surface area contributed by atoms with Crippen LogP contribution < -0.4 is 4.72 Å². The quantitative estimate of drug-likeness (QED) is 0.809. The molecule has 1 atom stereocenters. The fourth-order valence-corrected chi connectivity index (χ4v) is 2.86. The Morgan fingerprint density at radius 2 is 1.71 bits per heavy atom. The van der Waals surface area contributed by atoms with E-state index in [0.29, 0.717) is 16.6 Å². The summed E-state index contributed by atoms with van der Waals surface area (Å²) in [4.78, 5) is 0.301. The zero-order valence-electron chi connectivity index (χ0n) is 10.3. The van der Waals surface area contributed by atoms with E-state index in [1.807, 2.05) is 12.1 Å². The molecule has 1 N–H and O–H groups in total. The minimum absolute atomic E-state index is 0.173. The highest BCUT2D eigenvalue weighted by Crippen LogP contribution is 2.17. The van der Waals surface area contributed by atoms with Crippen molar-refractivity contribution in [1.82, 2.24) is 4.72 Å². The molecular weight excluding hydrogens is 254 g/mol. The van der Waals surface area contributed by atoms with E-state index in [9.17, 15) is 8.42 Å². The van der Waals surface area contributed by atoms with E-state index in [1.165, 1.54) is 0 Å². The Labute approximate surface area is 109 Å². The normalized spacial score (nSPS) is 13.9. The predicted octanol–water partition coefficient (Wildman–Crippen LogP) is 2.41. The highest BCUT2D eigenvalue weighted by molar-refractivity contribution is 7.89. The maximum atomic E-state index is 11.9. The van der Waals surface area contributed by atoms with Gasteiger partial charge in [0.25, 0.3) is 0 Å². The van der Waals surface area contributed by atoms with E-state index in [4.69, 9.17) is 0 Å². The highest BCUT2D eigenvalue weighted by Gasteiger charge is 2.16. The van der Waals surface area contributed by atoms with Crippen molar-refractivity contribution < 1.29 is 8.42 Å². The van der Waals surface area contributed by atoms with Crippen molar-refractivity contribution in [3.05, 3.63) is 29.8 Å². The average Bonchev–Trinajstić information content (AvgIpc) is 2.28. The van der Waals surface area contributed by atoms with Crippen LogP contribution in [-0.2, 0) is 10.0 Å². The fourth-order valence-electron chi connectivity index (χ4n) is 1.40. The van der Waals surface area contributed by atoms with Crippen molar-refractivity contribution in [3.63, 3.8) is 0 Å². The van der Waals surface area contributed by atoms with E-state index < -0.39 is 10.0 Å². The molecule has 0 bridgehead atoms. The molecule has 0 aromatic heterocycles. The lowest BCUT2D eigenvalue weighted by atomic mass is 10.0. The Morgan fingerprint density at radius 3 is 2.12 bits per heavy atom. The second-order valence-corrected chi connectivity index (χ2v) is 6.51. The Morgan fingerprint density at radius 1 is 1.18 bits per heavy atom. The van der Waals surface area contributed by atoms with Gasteiger partial charge in [0, 0.05) is 11.8 Å². The second-order valence-electron chi connectivity index (χ2n) is 4.43. The molecule has 0 aliphatic heterocycles. The summed E-state index contributed by atoms with van der Waals surface area (Å²) in [6.07, 6.45) is 0. The minimum atomic E-state index is -3.41. The van der Waals surface area contributed by atoms with Crippen molar-refractivity contribution in [3.8, 4) is 0 Å². The first-order valence-corrected chi connectivity index (χ1v) is 7.71. The summed E-state index contributed by atoms with van der Waals surface area (Å²) < 4.78 is 26.4. The second kappa shape index (κ2) is 5.89. The molecule has 17 heavy (non-hydrogen) atoms. The zero-order valence-corrected chi connectivity index (χ0v) is 12.1. The molecule has 3 nitrogen and oxygen atoms in total. The maximum Gasteiger partial charge on any atom is 0.240 e. The lowest BCUT2D eigenvalue weighted by molar-refractivity contribution is 0.571. The van der Waals surface area contributed by atoms with Gasteiger partial charge in [0.15, 0.2) is 0 Å². The van der Waals surface area contributed by atoms with Crippen LogP contribution in [0.3, 0.4) is 0 Å². The first-order chi connectivity index (χ1) is 7.86. The van der Waals surface area contributed by atoms with Gasteiger partial charge in [0.05, 0.1) is 4.90 Å². The largest absolute Gasteiger partial charge is 0.240 e. The van der Waals surface area contributed by atoms with E-state index in [-0.39, 0.29) is 6.04 Å². The first kappa shape index (κ1) is 14.5. The van der Waals surface area contributed by atoms with E-state index in [1.54, 1.807) is 19.1 Å². The van der Waals surface area contributed by atoms with Crippen molar-refractivity contribution in [2.75, 3.05) is 5.75 Å². The summed E-state index contributed by atoms with van der Waals surface area (Å²) in [6.45, 7) is 5.93. The van der Waals surface area contributed by atoms with Gasteiger partial charge in [-0.1, -0.05) is 26.0 Å². The molecule has 1 aromatic rings. The summed E-state index contributed by atoms with van der Waals surface area (Å²) >= 11 is 4.06. The Bertz CT molecular complexity index is 452. The summed E-state index contributed by atoms with van der Waals surface area (Å²) in [5.74, 6) is 0.875. The number of hydrogen-bond acceptors (Lipinski definition) is 3. The molecule has 0 unspecified atom stereocenters. The summed E-state index contributed by atoms with van der Waals surface area (Å²) in [5.41, 5.74) is 1.13. The van der Waals surface area contributed by atoms with Gasteiger partial charge in [-0.2, -0.15) is 12.6 Å². The third-order valence-corrected chi connectivity index (χ3v) is 4.64. The van der Waals surface area contributed by atoms with Crippen LogP contribution in [0.2, 0.25) is 0 Å². The van der Waals surface area contributed by atoms with Crippen LogP contribution >= 0.6 is 12.6 Å². The molecule has 0 radical (unpaired) electrons. The minimum Gasteiger partial charge on any atom is -0.208 e. The third kappa shape index (κ3) is 4.01. The Kier molecular flexibility index (Phi) is 5.04. The molecule has 96 valence electrons. The molecule has 0 saturated carbocycles. The molecule has 0 amide bonds. The van der Waals surface area contributed by atoms with Gasteiger partial charge in [0.2, 0.25) is 10.0 Å². The van der Waals surface area contributed by atoms with Gasteiger partial charge >= 0.3 is 0 Å². The maximum absolute atomic E-state index is 11.9. The summed E-state index contributed by atoms with van der Waals surface area (Å²) in [5, 5.41) is 0. The van der Waals surface area contributed by atoms with Gasteiger partial charge in [-0.15, -0.1) is 0 Å². The topological polar surface area (TPSA) is 46.2 Å². The summed E-state index contributed by atoms with van der Waals surface area (Å²) in [7, 11) is -3.41. The molecule has 1 aromatic carbocycles. The van der Waals surface area contributed by atoms with Crippen LogP contribution in [0.1, 0.15) is 32.3 Å². The molecule has 0 heterocycles. The molecule has 0 spiro atoms. The molecule has 0 aliphatic rings. The Hall–Kier alpha value is -0.520. The van der Waals surface area contributed by atoms with Crippen molar-refractivity contribution >= 4 is 22.7 Å². The lowest BCUT2D eigenvalue weighted by Gasteiger charge is -2.12. The van der Waals surface area contributed by atoms with Crippen LogP contribution in [0.25, 0.3) is 0 Å². The molecule has 0 saturated heterocycles. The van der Waals surface area contributed by atoms with Crippen LogP contribution in [0, 0.1) is 0 Å². The van der Waals surface area contributed by atoms with Crippen molar-refractivity contribution in [2.24, 2.45) is 0 Å². The number of benzene rings is 1. The van der Waals surface area contributed by atoms with Gasteiger partial charge < -0.3 is 0 Å². The van der Waals surface area contributed by atoms with Crippen molar-refractivity contribution in [1.29, 1.82) is 0 Å². The van der Waals surface area contributed by atoms with Gasteiger partial charge in [-0.3, -0.25) is 0 Å². The lowest BCUT2D eigenvalue weighted by Crippen LogP contribution is -2.33. The fraction of sp³-hybridized carbons (Fsp3) is 0.500. The molecular formula is C12H19NO2S2. The van der Waals surface area contributed by atoms with E-state index >= 15 is 0 Å². The van der Waals surface area contributed by atoms with Crippen molar-refractivity contribution in [2.45, 2.75) is 37.6 Å².